The van der Waals surface area contributed by atoms with Crippen LogP contribution in [0.25, 0.3) is 0 Å². The molecule has 17 heavy (non-hydrogen) atoms. The van der Waals surface area contributed by atoms with Gasteiger partial charge in [-0.1, -0.05) is 17.7 Å². The van der Waals surface area contributed by atoms with Crippen LogP contribution in [0, 0.1) is 12.7 Å². The molecule has 0 atom stereocenters. The van der Waals surface area contributed by atoms with Crippen LogP contribution < -0.4 is 5.73 Å². The molecule has 0 unspecified atom stereocenters. The lowest BCUT2D eigenvalue weighted by Gasteiger charge is -2.06. The van der Waals surface area contributed by atoms with E-state index < -0.39 is 5.82 Å². The second-order valence-corrected chi connectivity index (χ2v) is 4.39. The van der Waals surface area contributed by atoms with Gasteiger partial charge < -0.3 is 10.3 Å². The maximum Gasteiger partial charge on any atom is 0.200 e. The predicted molar refractivity (Wildman–Crippen MR) is 66.6 cm³/mol. The number of hydrogen-bond acceptors (Lipinski definition) is 2. The quantitative estimate of drug-likeness (QED) is 0.894. The number of nitrogen functional groups attached to an aromatic ring is 1. The molecule has 0 radical (unpaired) electrons. The number of aromatic nitrogens is 2. The summed E-state index contributed by atoms with van der Waals surface area (Å²) in [5.74, 6) is 0.0716. The van der Waals surface area contributed by atoms with Gasteiger partial charge >= 0.3 is 0 Å². The summed E-state index contributed by atoms with van der Waals surface area (Å²) in [6, 6.07) is 4.70. The largest absolute Gasteiger partial charge is 0.369 e. The van der Waals surface area contributed by atoms with Crippen molar-refractivity contribution >= 4 is 17.5 Å². The van der Waals surface area contributed by atoms with Gasteiger partial charge in [0.15, 0.2) is 5.95 Å². The van der Waals surface area contributed by atoms with Crippen molar-refractivity contribution in [2.24, 2.45) is 7.05 Å². The lowest BCUT2D eigenvalue weighted by Crippen LogP contribution is -2.02. The van der Waals surface area contributed by atoms with Crippen LogP contribution in [0.2, 0.25) is 5.02 Å². The molecule has 0 aliphatic rings. The third-order valence-corrected chi connectivity index (χ3v) is 3.09. The molecule has 90 valence electrons. The zero-order valence-electron chi connectivity index (χ0n) is 9.67. The van der Waals surface area contributed by atoms with Crippen molar-refractivity contribution in [1.82, 2.24) is 9.55 Å². The first kappa shape index (κ1) is 11.9. The molecule has 0 bridgehead atoms. The minimum absolute atomic E-state index is 0.135. The fourth-order valence-corrected chi connectivity index (χ4v) is 1.98. The molecule has 2 N–H and O–H groups in total. The Labute approximate surface area is 104 Å². The molecular formula is C12H13ClFN3. The number of nitrogens with two attached hydrogens (primary N) is 1. The Morgan fingerprint density at radius 3 is 2.71 bits per heavy atom. The van der Waals surface area contributed by atoms with Crippen molar-refractivity contribution in [2.45, 2.75) is 13.3 Å². The van der Waals surface area contributed by atoms with Gasteiger partial charge in [0, 0.05) is 19.2 Å². The summed E-state index contributed by atoms with van der Waals surface area (Å²) in [5, 5.41) is 0.135. The summed E-state index contributed by atoms with van der Waals surface area (Å²) >= 11 is 5.74. The van der Waals surface area contributed by atoms with Gasteiger partial charge in [-0.05, 0) is 24.6 Å². The molecule has 0 aliphatic carbocycles. The highest BCUT2D eigenvalue weighted by Gasteiger charge is 2.10. The van der Waals surface area contributed by atoms with Crippen molar-refractivity contribution in [3.8, 4) is 0 Å². The fraction of sp³-hybridized carbons (Fsp3) is 0.250. The lowest BCUT2D eigenvalue weighted by atomic mass is 10.1. The number of anilines is 1. The van der Waals surface area contributed by atoms with Crippen LogP contribution >= 0.6 is 11.6 Å². The van der Waals surface area contributed by atoms with E-state index in [1.165, 1.54) is 6.07 Å². The summed E-state index contributed by atoms with van der Waals surface area (Å²) in [7, 11) is 1.86. The molecule has 0 saturated carbocycles. The SMILES string of the molecule is Cc1nc(N)n(C)c1Cc1ccc(F)c(Cl)c1. The van der Waals surface area contributed by atoms with Crippen LogP contribution in [0.3, 0.4) is 0 Å². The molecule has 0 fully saturated rings. The van der Waals surface area contributed by atoms with Crippen LogP contribution in [-0.4, -0.2) is 9.55 Å². The second kappa shape index (κ2) is 4.37. The first-order valence-electron chi connectivity index (χ1n) is 5.20. The maximum absolute atomic E-state index is 13.0. The van der Waals surface area contributed by atoms with Gasteiger partial charge in [0.2, 0.25) is 0 Å². The van der Waals surface area contributed by atoms with Crippen LogP contribution in [0.15, 0.2) is 18.2 Å². The van der Waals surface area contributed by atoms with Gasteiger partial charge in [-0.2, -0.15) is 0 Å². The first-order valence-corrected chi connectivity index (χ1v) is 5.58. The topological polar surface area (TPSA) is 43.8 Å². The van der Waals surface area contributed by atoms with E-state index in [2.05, 4.69) is 4.98 Å². The molecule has 5 heteroatoms. The van der Waals surface area contributed by atoms with Gasteiger partial charge in [-0.15, -0.1) is 0 Å². The molecule has 2 aromatic rings. The Kier molecular flexibility index (Phi) is 3.07. The van der Waals surface area contributed by atoms with E-state index >= 15 is 0 Å². The van der Waals surface area contributed by atoms with E-state index in [0.29, 0.717) is 12.4 Å². The Bertz CT molecular complexity index is 563. The van der Waals surface area contributed by atoms with E-state index in [1.54, 1.807) is 12.1 Å². The third kappa shape index (κ3) is 2.26. The third-order valence-electron chi connectivity index (χ3n) is 2.80. The van der Waals surface area contributed by atoms with Gasteiger partial charge in [-0.3, -0.25) is 0 Å². The van der Waals surface area contributed by atoms with Crippen molar-refractivity contribution in [3.63, 3.8) is 0 Å². The summed E-state index contributed by atoms with van der Waals surface area (Å²) in [5.41, 5.74) is 8.53. The number of hydrogen-bond donors (Lipinski definition) is 1. The number of rotatable bonds is 2. The van der Waals surface area contributed by atoms with Crippen molar-refractivity contribution in [1.29, 1.82) is 0 Å². The fourth-order valence-electron chi connectivity index (χ4n) is 1.78. The smallest absolute Gasteiger partial charge is 0.200 e. The van der Waals surface area contributed by atoms with Crippen LogP contribution in [0.5, 0.6) is 0 Å². The molecule has 0 saturated heterocycles. The minimum atomic E-state index is -0.406. The number of aryl methyl sites for hydroxylation is 1. The Morgan fingerprint density at radius 1 is 1.47 bits per heavy atom. The second-order valence-electron chi connectivity index (χ2n) is 3.99. The average Bonchev–Trinajstić information content (AvgIpc) is 2.50. The van der Waals surface area contributed by atoms with Crippen molar-refractivity contribution in [3.05, 3.63) is 46.0 Å². The van der Waals surface area contributed by atoms with Crippen molar-refractivity contribution in [2.75, 3.05) is 5.73 Å². The summed E-state index contributed by atoms with van der Waals surface area (Å²) in [6.45, 7) is 1.90. The molecule has 2 rings (SSSR count). The Balaban J connectivity index is 2.34. The van der Waals surface area contributed by atoms with Crippen molar-refractivity contribution < 1.29 is 4.39 Å². The van der Waals surface area contributed by atoms with E-state index in [1.807, 2.05) is 18.5 Å². The maximum atomic E-state index is 13.0. The monoisotopic (exact) mass is 253 g/mol. The first-order chi connectivity index (χ1) is 7.99. The number of halogens is 2. The zero-order valence-corrected chi connectivity index (χ0v) is 10.4. The molecule has 0 spiro atoms. The summed E-state index contributed by atoms with van der Waals surface area (Å²) in [4.78, 5) is 4.18. The van der Waals surface area contributed by atoms with Gasteiger partial charge in [-0.25, -0.2) is 9.37 Å². The van der Waals surface area contributed by atoms with E-state index in [4.69, 9.17) is 17.3 Å². The summed E-state index contributed by atoms with van der Waals surface area (Å²) < 4.78 is 14.9. The molecule has 0 amide bonds. The van der Waals surface area contributed by atoms with Crippen LogP contribution in [-0.2, 0) is 13.5 Å². The Hall–Kier alpha value is -1.55. The van der Waals surface area contributed by atoms with E-state index in [9.17, 15) is 4.39 Å². The Morgan fingerprint density at radius 2 is 2.18 bits per heavy atom. The lowest BCUT2D eigenvalue weighted by molar-refractivity contribution is 0.627. The van der Waals surface area contributed by atoms with Crippen LogP contribution in [0.4, 0.5) is 10.3 Å². The number of imidazole rings is 1. The average molecular weight is 254 g/mol. The number of nitrogens with zero attached hydrogens (tertiary/aromatic N) is 2. The normalized spacial score (nSPS) is 10.8. The van der Waals surface area contributed by atoms with Crippen LogP contribution in [0.1, 0.15) is 17.0 Å². The standard InChI is InChI=1S/C12H13ClFN3/c1-7-11(17(2)12(15)16-7)6-8-3-4-10(14)9(13)5-8/h3-5H,6H2,1-2H3,(H2,15,16). The van der Waals surface area contributed by atoms with Gasteiger partial charge in [0.05, 0.1) is 10.7 Å². The molecule has 0 aliphatic heterocycles. The van der Waals surface area contributed by atoms with Gasteiger partial charge in [0.1, 0.15) is 5.82 Å². The van der Waals surface area contributed by atoms with Gasteiger partial charge in [0.25, 0.3) is 0 Å². The van der Waals surface area contributed by atoms with E-state index in [-0.39, 0.29) is 5.02 Å². The molecule has 3 nitrogen and oxygen atoms in total. The molecular weight excluding hydrogens is 241 g/mol. The minimum Gasteiger partial charge on any atom is -0.369 e. The summed E-state index contributed by atoms with van der Waals surface area (Å²) in [6.07, 6.45) is 0.631. The zero-order chi connectivity index (χ0) is 12.6. The number of benzene rings is 1. The highest BCUT2D eigenvalue weighted by molar-refractivity contribution is 6.30. The highest BCUT2D eigenvalue weighted by Crippen LogP contribution is 2.20. The highest BCUT2D eigenvalue weighted by atomic mass is 35.5. The van der Waals surface area contributed by atoms with E-state index in [0.717, 1.165) is 17.0 Å². The predicted octanol–water partition coefficient (Wildman–Crippen LogP) is 2.69. The molecule has 1 aromatic heterocycles. The molecule has 1 heterocycles. The molecule has 1 aromatic carbocycles.